The third-order valence-corrected chi connectivity index (χ3v) is 11.4. The van der Waals surface area contributed by atoms with Crippen LogP contribution in [0.5, 0.6) is 11.5 Å². The summed E-state index contributed by atoms with van der Waals surface area (Å²) >= 11 is 0. The van der Waals surface area contributed by atoms with Crippen LogP contribution >= 0.6 is 0 Å². The third kappa shape index (κ3) is 5.64. The van der Waals surface area contributed by atoms with E-state index in [2.05, 4.69) is 60.3 Å². The number of hydrogen-bond acceptors (Lipinski definition) is 7. The molecule has 4 aliphatic rings. The summed E-state index contributed by atoms with van der Waals surface area (Å²) in [5.74, 6) is 1.45. The molecule has 240 valence electrons. The van der Waals surface area contributed by atoms with Crippen molar-refractivity contribution in [3.63, 3.8) is 0 Å². The Morgan fingerprint density at radius 1 is 0.977 bits per heavy atom. The quantitative estimate of drug-likeness (QED) is 0.364. The average Bonchev–Trinajstić information content (AvgIpc) is 2.99. The minimum absolute atomic E-state index is 0.0398. The maximum Gasteiger partial charge on any atom is 0.251 e. The van der Waals surface area contributed by atoms with E-state index in [-0.39, 0.29) is 35.0 Å². The summed E-state index contributed by atoms with van der Waals surface area (Å²) in [5, 5.41) is 16.5. The molecule has 8 heteroatoms. The minimum atomic E-state index is -0.259. The van der Waals surface area contributed by atoms with Crippen LogP contribution in [0.15, 0.2) is 42.5 Å². The van der Waals surface area contributed by atoms with Crippen LogP contribution in [-0.4, -0.2) is 80.5 Å². The summed E-state index contributed by atoms with van der Waals surface area (Å²) in [6.45, 7) is 13.1. The van der Waals surface area contributed by atoms with E-state index in [1.807, 2.05) is 37.4 Å². The molecule has 2 aliphatic carbocycles. The van der Waals surface area contributed by atoms with Gasteiger partial charge in [-0.2, -0.15) is 0 Å². The predicted molar refractivity (Wildman–Crippen MR) is 176 cm³/mol. The smallest absolute Gasteiger partial charge is 0.251 e. The molecular formula is C36H52N4O4. The number of amides is 1. The molecule has 2 saturated carbocycles. The molecular weight excluding hydrogens is 552 g/mol. The van der Waals surface area contributed by atoms with Crippen molar-refractivity contribution in [1.82, 2.24) is 10.2 Å². The van der Waals surface area contributed by atoms with Gasteiger partial charge in [-0.15, -0.1) is 0 Å². The second-order valence-electron chi connectivity index (χ2n) is 15.1. The molecule has 0 atom stereocenters. The molecule has 2 aromatic carbocycles. The standard InChI is InChI=1S/C36H52N4O4/c1-34(2)32(35(3,4)33(34)44-28-12-13-29(37-5)30(20-28)43-6)38-31(42)24-8-10-25(11-9-24)40-21-26(22-40)39-19-7-16-36(23-39)17-14-27(41)15-18-36/h8-13,20,26-27,32-33,37,41H,7,14-19,21-23H2,1-6H3,(H,38,42). The summed E-state index contributed by atoms with van der Waals surface area (Å²) in [5.41, 5.74) is 2.69. The molecule has 0 unspecified atom stereocenters. The van der Waals surface area contributed by atoms with E-state index in [9.17, 15) is 9.90 Å². The van der Waals surface area contributed by atoms with Gasteiger partial charge in [-0.1, -0.05) is 27.7 Å². The Hall–Kier alpha value is -2.97. The fourth-order valence-electron chi connectivity index (χ4n) is 9.00. The van der Waals surface area contributed by atoms with E-state index in [1.54, 1.807) is 7.11 Å². The van der Waals surface area contributed by atoms with Crippen LogP contribution in [0.1, 0.15) is 76.6 Å². The van der Waals surface area contributed by atoms with Crippen molar-refractivity contribution >= 4 is 17.3 Å². The Balaban J connectivity index is 1.02. The Kier molecular flexibility index (Phi) is 8.29. The van der Waals surface area contributed by atoms with Gasteiger partial charge in [-0.05, 0) is 86.9 Å². The third-order valence-electron chi connectivity index (χ3n) is 11.4. The van der Waals surface area contributed by atoms with Gasteiger partial charge in [0.25, 0.3) is 5.91 Å². The number of carbonyl (C=O) groups is 1. The van der Waals surface area contributed by atoms with Crippen molar-refractivity contribution in [2.45, 2.75) is 90.5 Å². The van der Waals surface area contributed by atoms with E-state index in [1.165, 1.54) is 44.5 Å². The summed E-state index contributed by atoms with van der Waals surface area (Å²) < 4.78 is 12.0. The second-order valence-corrected chi connectivity index (χ2v) is 15.1. The lowest BCUT2D eigenvalue weighted by Gasteiger charge is -2.63. The highest BCUT2D eigenvalue weighted by molar-refractivity contribution is 5.95. The molecule has 2 heterocycles. The number of anilines is 2. The largest absolute Gasteiger partial charge is 0.494 e. The van der Waals surface area contributed by atoms with E-state index < -0.39 is 0 Å². The first-order valence-electron chi connectivity index (χ1n) is 16.6. The van der Waals surface area contributed by atoms with Gasteiger partial charge < -0.3 is 30.1 Å². The molecule has 3 N–H and O–H groups in total. The lowest BCUT2D eigenvalue weighted by Crippen LogP contribution is -2.74. The number of piperidine rings is 1. The molecule has 4 fully saturated rings. The molecule has 6 rings (SSSR count). The van der Waals surface area contributed by atoms with Crippen molar-refractivity contribution < 1.29 is 19.4 Å². The summed E-state index contributed by atoms with van der Waals surface area (Å²) in [6, 6.07) is 14.5. The number of nitrogens with one attached hydrogen (secondary N) is 2. The maximum absolute atomic E-state index is 13.4. The maximum atomic E-state index is 13.4. The van der Waals surface area contributed by atoms with Crippen LogP contribution < -0.4 is 25.0 Å². The molecule has 2 aliphatic heterocycles. The van der Waals surface area contributed by atoms with Crippen molar-refractivity contribution in [3.05, 3.63) is 48.0 Å². The van der Waals surface area contributed by atoms with Gasteiger partial charge in [0.2, 0.25) is 0 Å². The summed E-state index contributed by atoms with van der Waals surface area (Å²) in [7, 11) is 3.53. The fraction of sp³-hybridized carbons (Fsp3) is 0.639. The molecule has 0 bridgehead atoms. The first kappa shape index (κ1) is 31.0. The van der Waals surface area contributed by atoms with Crippen molar-refractivity contribution in [3.8, 4) is 11.5 Å². The number of nitrogens with zero attached hydrogens (tertiary/aromatic N) is 2. The molecule has 2 aromatic rings. The monoisotopic (exact) mass is 604 g/mol. The Bertz CT molecular complexity index is 1310. The SMILES string of the molecule is CNc1ccc(OC2C(C)(C)C(NC(=O)c3ccc(N4CC(N5CCCC6(CCC(O)CC6)C5)C4)cc3)C2(C)C)cc1OC. The highest BCUT2D eigenvalue weighted by Crippen LogP contribution is 2.56. The zero-order valence-electron chi connectivity index (χ0n) is 27.5. The van der Waals surface area contributed by atoms with E-state index in [0.717, 1.165) is 43.1 Å². The van der Waals surface area contributed by atoms with Crippen LogP contribution in [0, 0.1) is 16.2 Å². The van der Waals surface area contributed by atoms with Crippen LogP contribution in [-0.2, 0) is 0 Å². The number of carbonyl (C=O) groups excluding carboxylic acids is 1. The van der Waals surface area contributed by atoms with Crippen LogP contribution in [0.4, 0.5) is 11.4 Å². The number of aliphatic hydroxyl groups excluding tert-OH is 1. The number of aliphatic hydroxyl groups is 1. The number of methoxy groups -OCH3 is 1. The van der Waals surface area contributed by atoms with Gasteiger partial charge in [0.1, 0.15) is 17.6 Å². The molecule has 1 amide bonds. The first-order chi connectivity index (χ1) is 21.0. The number of likely N-dealkylation sites (tertiary alicyclic amines) is 1. The normalized spacial score (nSPS) is 26.4. The summed E-state index contributed by atoms with van der Waals surface area (Å²) in [6.07, 6.45) is 6.71. The number of rotatable bonds is 8. The minimum Gasteiger partial charge on any atom is -0.494 e. The van der Waals surface area contributed by atoms with Crippen LogP contribution in [0.25, 0.3) is 0 Å². The highest BCUT2D eigenvalue weighted by atomic mass is 16.5. The average molecular weight is 605 g/mol. The molecule has 2 saturated heterocycles. The Labute approximate surface area is 263 Å². The van der Waals surface area contributed by atoms with Crippen LogP contribution in [0.2, 0.25) is 0 Å². The molecule has 0 aromatic heterocycles. The molecule has 1 spiro atoms. The topological polar surface area (TPSA) is 86.3 Å². The van der Waals surface area contributed by atoms with Gasteiger partial charge >= 0.3 is 0 Å². The van der Waals surface area contributed by atoms with E-state index >= 15 is 0 Å². The highest BCUT2D eigenvalue weighted by Gasteiger charge is 2.64. The Morgan fingerprint density at radius 2 is 1.66 bits per heavy atom. The molecule has 0 radical (unpaired) electrons. The van der Waals surface area contributed by atoms with Crippen molar-refractivity contribution in [1.29, 1.82) is 0 Å². The van der Waals surface area contributed by atoms with Crippen molar-refractivity contribution in [2.75, 3.05) is 50.6 Å². The van der Waals surface area contributed by atoms with Gasteiger partial charge in [-0.25, -0.2) is 0 Å². The van der Waals surface area contributed by atoms with E-state index in [4.69, 9.17) is 9.47 Å². The van der Waals surface area contributed by atoms with Gasteiger partial charge in [-0.3, -0.25) is 9.69 Å². The predicted octanol–water partition coefficient (Wildman–Crippen LogP) is 5.55. The summed E-state index contributed by atoms with van der Waals surface area (Å²) in [4.78, 5) is 18.6. The zero-order chi connectivity index (χ0) is 31.3. The van der Waals surface area contributed by atoms with Crippen LogP contribution in [0.3, 0.4) is 0 Å². The Morgan fingerprint density at radius 3 is 2.30 bits per heavy atom. The first-order valence-corrected chi connectivity index (χ1v) is 16.6. The second kappa shape index (κ2) is 11.8. The lowest BCUT2D eigenvalue weighted by atomic mass is 9.49. The van der Waals surface area contributed by atoms with E-state index in [0.29, 0.717) is 17.0 Å². The molecule has 8 nitrogen and oxygen atoms in total. The van der Waals surface area contributed by atoms with Gasteiger partial charge in [0, 0.05) is 66.9 Å². The van der Waals surface area contributed by atoms with Gasteiger partial charge in [0.05, 0.1) is 18.9 Å². The molecule has 44 heavy (non-hydrogen) atoms. The fourth-order valence-corrected chi connectivity index (χ4v) is 9.00. The lowest BCUT2D eigenvalue weighted by molar-refractivity contribution is -0.164. The number of ether oxygens (including phenoxy) is 2. The van der Waals surface area contributed by atoms with Crippen molar-refractivity contribution in [2.24, 2.45) is 16.2 Å². The number of benzene rings is 2. The van der Waals surface area contributed by atoms with Gasteiger partial charge in [0.15, 0.2) is 0 Å². The number of hydrogen-bond donors (Lipinski definition) is 3. The zero-order valence-corrected chi connectivity index (χ0v) is 27.5.